The minimum absolute atomic E-state index is 0.00445. The molecule has 3 rings (SSSR count). The van der Waals surface area contributed by atoms with E-state index >= 15 is 0 Å². The summed E-state index contributed by atoms with van der Waals surface area (Å²) >= 11 is 0. The molecule has 2 aliphatic rings. The van der Waals surface area contributed by atoms with Gasteiger partial charge in [-0.1, -0.05) is 12.5 Å². The van der Waals surface area contributed by atoms with Crippen LogP contribution >= 0.6 is 0 Å². The van der Waals surface area contributed by atoms with Gasteiger partial charge in [0, 0.05) is 27.2 Å². The molecule has 2 saturated heterocycles. The zero-order valence-electron chi connectivity index (χ0n) is 11.5. The summed E-state index contributed by atoms with van der Waals surface area (Å²) in [7, 11) is -0.839. The minimum atomic E-state index is -0.839. The number of fused-ring (bicyclic) bond motifs is 2. The van der Waals surface area contributed by atoms with Crippen molar-refractivity contribution in [2.45, 2.75) is 42.6 Å². The van der Waals surface area contributed by atoms with Gasteiger partial charge in [-0.3, -0.25) is 9.00 Å². The molecule has 0 spiro atoms. The van der Waals surface area contributed by atoms with Crippen molar-refractivity contribution >= 4 is 16.6 Å². The van der Waals surface area contributed by atoms with Gasteiger partial charge in [-0.25, -0.2) is 4.39 Å². The number of rotatable bonds is 2. The lowest BCUT2D eigenvalue weighted by Crippen LogP contribution is -2.41. The van der Waals surface area contributed by atoms with Gasteiger partial charge in [-0.05, 0) is 37.8 Å². The zero-order chi connectivity index (χ0) is 15.0. The zero-order valence-corrected chi connectivity index (χ0v) is 12.4. The molecule has 0 N–H and O–H groups in total. The number of hydrogen-bond acceptors (Lipinski definition) is 3. The first-order valence-electron chi connectivity index (χ1n) is 7.24. The summed E-state index contributed by atoms with van der Waals surface area (Å²) in [6, 6.07) is 6.12. The normalized spacial score (nSPS) is 31.4. The molecule has 110 valence electrons. The first-order valence-corrected chi connectivity index (χ1v) is 8.51. The molecule has 0 aliphatic carbocycles. The number of carbonyl (C=O) groups is 1. The van der Waals surface area contributed by atoms with Gasteiger partial charge >= 0.3 is 0 Å². The van der Waals surface area contributed by atoms with Crippen LogP contribution in [0.25, 0.3) is 0 Å². The van der Waals surface area contributed by atoms with E-state index in [2.05, 4.69) is 0 Å². The standard InChI is InChI=1S/C16H16FNO2S/c17-15-10(9-18)3-1-6-14(15)16(19)11-7-12-4-2-5-13(8-11)21(12)20/h1,3,6,11-13H,2,4-5,7-8H2. The molecule has 3 nitrogen and oxygen atoms in total. The van der Waals surface area contributed by atoms with E-state index in [9.17, 15) is 13.4 Å². The highest BCUT2D eigenvalue weighted by atomic mass is 32.2. The highest BCUT2D eigenvalue weighted by molar-refractivity contribution is 7.86. The SMILES string of the molecule is N#Cc1cccc(C(=O)C2CC3CCCC(C2)S3=O)c1F. The lowest BCUT2D eigenvalue weighted by atomic mass is 9.84. The molecule has 2 heterocycles. The number of nitrogens with zero attached hydrogens (tertiary/aromatic N) is 1. The van der Waals surface area contributed by atoms with Crippen molar-refractivity contribution in [1.82, 2.24) is 0 Å². The van der Waals surface area contributed by atoms with Crippen molar-refractivity contribution in [3.8, 4) is 6.07 Å². The van der Waals surface area contributed by atoms with Gasteiger partial charge in [0.2, 0.25) is 0 Å². The Morgan fingerprint density at radius 2 is 1.95 bits per heavy atom. The predicted molar refractivity (Wildman–Crippen MR) is 77.7 cm³/mol. The number of halogens is 1. The molecule has 0 saturated carbocycles. The minimum Gasteiger partial charge on any atom is -0.294 e. The summed E-state index contributed by atoms with van der Waals surface area (Å²) in [5, 5.41) is 9.01. The number of carbonyl (C=O) groups excluding carboxylic acids is 1. The smallest absolute Gasteiger partial charge is 0.169 e. The number of benzene rings is 1. The van der Waals surface area contributed by atoms with Gasteiger partial charge in [-0.2, -0.15) is 5.26 Å². The third kappa shape index (κ3) is 2.53. The van der Waals surface area contributed by atoms with Crippen LogP contribution in [0.4, 0.5) is 4.39 Å². The van der Waals surface area contributed by atoms with Crippen LogP contribution in [0.1, 0.15) is 48.0 Å². The molecule has 21 heavy (non-hydrogen) atoms. The summed E-state index contributed by atoms with van der Waals surface area (Å²) in [5.41, 5.74) is -0.0924. The van der Waals surface area contributed by atoms with Gasteiger partial charge in [0.15, 0.2) is 11.6 Å². The predicted octanol–water partition coefficient (Wildman–Crippen LogP) is 2.96. The number of hydrogen-bond donors (Lipinski definition) is 0. The summed E-state index contributed by atoms with van der Waals surface area (Å²) in [6.07, 6.45) is 4.03. The van der Waals surface area contributed by atoms with Crippen LogP contribution in [0.15, 0.2) is 18.2 Å². The Hall–Kier alpha value is -1.54. The van der Waals surface area contributed by atoms with E-state index in [1.54, 1.807) is 6.07 Å². The first-order chi connectivity index (χ1) is 10.1. The van der Waals surface area contributed by atoms with Gasteiger partial charge in [0.25, 0.3) is 0 Å². The maximum absolute atomic E-state index is 14.1. The number of ketones is 1. The Labute approximate surface area is 125 Å². The summed E-state index contributed by atoms with van der Waals surface area (Å²) in [4.78, 5) is 12.6. The molecule has 0 radical (unpaired) electrons. The average Bonchev–Trinajstić information content (AvgIpc) is 2.46. The molecule has 0 aromatic heterocycles. The molecule has 2 bridgehead atoms. The van der Waals surface area contributed by atoms with Crippen LogP contribution in [0.5, 0.6) is 0 Å². The van der Waals surface area contributed by atoms with E-state index in [4.69, 9.17) is 5.26 Å². The second-order valence-electron chi connectivity index (χ2n) is 5.81. The monoisotopic (exact) mass is 305 g/mol. The van der Waals surface area contributed by atoms with E-state index < -0.39 is 16.6 Å². The molecule has 5 heteroatoms. The van der Waals surface area contributed by atoms with Crippen molar-refractivity contribution in [2.24, 2.45) is 5.92 Å². The molecular weight excluding hydrogens is 289 g/mol. The lowest BCUT2D eigenvalue weighted by molar-refractivity contribution is 0.0891. The average molecular weight is 305 g/mol. The third-order valence-corrected chi connectivity index (χ3v) is 6.73. The molecule has 0 amide bonds. The Morgan fingerprint density at radius 1 is 1.29 bits per heavy atom. The quantitative estimate of drug-likeness (QED) is 0.789. The van der Waals surface area contributed by atoms with Crippen LogP contribution in [0.2, 0.25) is 0 Å². The Morgan fingerprint density at radius 3 is 2.57 bits per heavy atom. The first kappa shape index (κ1) is 14.4. The summed E-state index contributed by atoms with van der Waals surface area (Å²) in [5.74, 6) is -1.22. The van der Waals surface area contributed by atoms with E-state index in [1.807, 2.05) is 0 Å². The summed E-state index contributed by atoms with van der Waals surface area (Å²) < 4.78 is 26.3. The van der Waals surface area contributed by atoms with Crippen molar-refractivity contribution in [2.75, 3.05) is 0 Å². The van der Waals surface area contributed by atoms with Gasteiger partial charge in [0.05, 0.1) is 11.1 Å². The fraction of sp³-hybridized carbons (Fsp3) is 0.500. The highest BCUT2D eigenvalue weighted by Gasteiger charge is 2.41. The van der Waals surface area contributed by atoms with Crippen LogP contribution in [0.3, 0.4) is 0 Å². The van der Waals surface area contributed by atoms with Crippen LogP contribution in [0, 0.1) is 23.1 Å². The Kier molecular flexibility index (Phi) is 3.90. The van der Waals surface area contributed by atoms with E-state index in [-0.39, 0.29) is 33.3 Å². The summed E-state index contributed by atoms with van der Waals surface area (Å²) in [6.45, 7) is 0. The van der Waals surface area contributed by atoms with Crippen LogP contribution in [-0.2, 0) is 10.8 Å². The van der Waals surface area contributed by atoms with E-state index in [0.717, 1.165) is 19.3 Å². The van der Waals surface area contributed by atoms with Gasteiger partial charge < -0.3 is 0 Å². The maximum atomic E-state index is 14.1. The van der Waals surface area contributed by atoms with E-state index in [0.29, 0.717) is 12.8 Å². The van der Waals surface area contributed by atoms with E-state index in [1.165, 1.54) is 18.2 Å². The topological polar surface area (TPSA) is 57.9 Å². The largest absolute Gasteiger partial charge is 0.294 e. The molecular formula is C16H16FNO2S. The van der Waals surface area contributed by atoms with Crippen molar-refractivity contribution in [3.05, 3.63) is 35.1 Å². The lowest BCUT2D eigenvalue weighted by Gasteiger charge is -2.37. The fourth-order valence-electron chi connectivity index (χ4n) is 3.48. The second-order valence-corrected chi connectivity index (χ2v) is 7.81. The second kappa shape index (κ2) is 5.69. The fourth-order valence-corrected chi connectivity index (χ4v) is 5.66. The van der Waals surface area contributed by atoms with Crippen molar-refractivity contribution in [1.29, 1.82) is 5.26 Å². The molecule has 2 fully saturated rings. The highest BCUT2D eigenvalue weighted by Crippen LogP contribution is 2.38. The van der Waals surface area contributed by atoms with Crippen LogP contribution in [-0.4, -0.2) is 20.5 Å². The maximum Gasteiger partial charge on any atom is 0.169 e. The molecule has 1 aromatic carbocycles. The third-order valence-electron chi connectivity index (χ3n) is 4.56. The number of nitriles is 1. The molecule has 2 aliphatic heterocycles. The Balaban J connectivity index is 1.87. The molecule has 1 aromatic rings. The van der Waals surface area contributed by atoms with Crippen LogP contribution < -0.4 is 0 Å². The van der Waals surface area contributed by atoms with Crippen molar-refractivity contribution < 1.29 is 13.4 Å². The molecule has 2 atom stereocenters. The van der Waals surface area contributed by atoms with Crippen molar-refractivity contribution in [3.63, 3.8) is 0 Å². The van der Waals surface area contributed by atoms with Gasteiger partial charge in [-0.15, -0.1) is 0 Å². The molecule has 2 unspecified atom stereocenters. The Bertz CT molecular complexity index is 636. The number of Topliss-reactive ketones (excluding diaryl/α,β-unsaturated/α-hetero) is 1. The van der Waals surface area contributed by atoms with Gasteiger partial charge in [0.1, 0.15) is 6.07 Å².